The Morgan fingerprint density at radius 3 is 2.89 bits per heavy atom. The van der Waals surface area contributed by atoms with Crippen molar-refractivity contribution in [3.63, 3.8) is 0 Å². The predicted molar refractivity (Wildman–Crippen MR) is 79.1 cm³/mol. The summed E-state index contributed by atoms with van der Waals surface area (Å²) < 4.78 is 0. The van der Waals surface area contributed by atoms with Gasteiger partial charge in [0.2, 0.25) is 0 Å². The summed E-state index contributed by atoms with van der Waals surface area (Å²) in [7, 11) is 3.28. The van der Waals surface area contributed by atoms with Gasteiger partial charge in [0, 0.05) is 30.9 Å². The van der Waals surface area contributed by atoms with E-state index in [1.54, 1.807) is 52.3 Å². The summed E-state index contributed by atoms with van der Waals surface area (Å²) in [6.45, 7) is 0.623. The Morgan fingerprint density at radius 1 is 1.21 bits per heavy atom. The molecule has 1 N–H and O–H groups in total. The highest BCUT2D eigenvalue weighted by Gasteiger charge is 2.03. The minimum absolute atomic E-state index is 0.0865. The van der Waals surface area contributed by atoms with E-state index in [-0.39, 0.29) is 5.91 Å². The van der Waals surface area contributed by atoms with Gasteiger partial charge < -0.3 is 5.32 Å². The third-order valence-corrected chi connectivity index (χ3v) is 4.44. The third-order valence-electron chi connectivity index (χ3n) is 2.18. The van der Waals surface area contributed by atoms with Gasteiger partial charge in [-0.3, -0.25) is 9.78 Å². The van der Waals surface area contributed by atoms with E-state index < -0.39 is 0 Å². The summed E-state index contributed by atoms with van der Waals surface area (Å²) in [5.74, 6) is 0.740. The number of aromatic nitrogens is 2. The van der Waals surface area contributed by atoms with Crippen LogP contribution in [-0.4, -0.2) is 28.2 Å². The minimum Gasteiger partial charge on any atom is -0.351 e. The largest absolute Gasteiger partial charge is 0.351 e. The summed E-state index contributed by atoms with van der Waals surface area (Å²) >= 11 is 0. The Kier molecular flexibility index (Phi) is 5.71. The Morgan fingerprint density at radius 2 is 2.16 bits per heavy atom. The van der Waals surface area contributed by atoms with E-state index in [1.807, 2.05) is 18.2 Å². The van der Waals surface area contributed by atoms with Crippen LogP contribution in [0.2, 0.25) is 0 Å². The fourth-order valence-electron chi connectivity index (χ4n) is 1.30. The van der Waals surface area contributed by atoms with Crippen LogP contribution in [0.25, 0.3) is 0 Å². The molecule has 4 nitrogen and oxygen atoms in total. The number of carbonyl (C=O) groups excluding carboxylic acids is 1. The smallest absolute Gasteiger partial charge is 0.252 e. The van der Waals surface area contributed by atoms with Gasteiger partial charge in [-0.2, -0.15) is 0 Å². The summed E-state index contributed by atoms with van der Waals surface area (Å²) in [6, 6.07) is 9.31. The molecule has 0 aliphatic carbocycles. The van der Waals surface area contributed by atoms with Gasteiger partial charge in [0.15, 0.2) is 0 Å². The molecule has 0 unspecified atom stereocenters. The first-order chi connectivity index (χ1) is 9.36. The van der Waals surface area contributed by atoms with Gasteiger partial charge in [-0.05, 0) is 35.1 Å². The van der Waals surface area contributed by atoms with Crippen LogP contribution < -0.4 is 5.32 Å². The highest BCUT2D eigenvalue weighted by atomic mass is 33.1. The second-order valence-corrected chi connectivity index (χ2v) is 6.01. The highest BCUT2D eigenvalue weighted by Crippen LogP contribution is 2.28. The number of hydrogen-bond donors (Lipinski definition) is 1. The number of carbonyl (C=O) groups is 1. The first-order valence-electron chi connectivity index (χ1n) is 5.75. The fourth-order valence-corrected chi connectivity index (χ4v) is 3.09. The van der Waals surface area contributed by atoms with Gasteiger partial charge in [0.25, 0.3) is 5.91 Å². The maximum Gasteiger partial charge on any atom is 0.252 e. The maximum atomic E-state index is 11.7. The average molecular weight is 291 g/mol. The first-order valence-corrected chi connectivity index (χ1v) is 8.07. The molecular formula is C13H13N3OS2. The van der Waals surface area contributed by atoms with E-state index in [9.17, 15) is 4.79 Å². The fraction of sp³-hybridized carbons (Fsp3) is 0.154. The molecule has 0 saturated heterocycles. The molecule has 0 aliphatic rings. The Balaban J connectivity index is 1.63. The van der Waals surface area contributed by atoms with E-state index in [4.69, 9.17) is 0 Å². The van der Waals surface area contributed by atoms with Crippen molar-refractivity contribution in [3.05, 3.63) is 54.5 Å². The third kappa shape index (κ3) is 4.92. The molecule has 0 saturated carbocycles. The van der Waals surface area contributed by atoms with E-state index >= 15 is 0 Å². The lowest BCUT2D eigenvalue weighted by atomic mass is 10.3. The molecule has 0 aromatic carbocycles. The van der Waals surface area contributed by atoms with Crippen molar-refractivity contribution in [2.24, 2.45) is 0 Å². The summed E-state index contributed by atoms with van der Waals surface area (Å²) in [4.78, 5) is 19.8. The molecule has 0 aliphatic heterocycles. The van der Waals surface area contributed by atoms with Crippen LogP contribution in [-0.2, 0) is 0 Å². The van der Waals surface area contributed by atoms with Crippen molar-refractivity contribution in [2.45, 2.75) is 5.03 Å². The first kappa shape index (κ1) is 13.9. The molecule has 2 aromatic heterocycles. The molecule has 0 spiro atoms. The van der Waals surface area contributed by atoms with Crippen LogP contribution in [0.15, 0.2) is 53.9 Å². The zero-order valence-corrected chi connectivity index (χ0v) is 11.8. The van der Waals surface area contributed by atoms with Crippen molar-refractivity contribution in [3.8, 4) is 0 Å². The Labute approximate surface area is 119 Å². The molecule has 98 valence electrons. The second kappa shape index (κ2) is 7.81. The molecule has 0 atom stereocenters. The van der Waals surface area contributed by atoms with E-state index in [2.05, 4.69) is 15.3 Å². The van der Waals surface area contributed by atoms with E-state index in [0.717, 1.165) is 10.8 Å². The molecular weight excluding hydrogens is 278 g/mol. The molecule has 1 amide bonds. The van der Waals surface area contributed by atoms with Gasteiger partial charge in [0.1, 0.15) is 5.03 Å². The summed E-state index contributed by atoms with van der Waals surface area (Å²) in [5, 5.41) is 3.83. The van der Waals surface area contributed by atoms with Crippen molar-refractivity contribution < 1.29 is 4.79 Å². The van der Waals surface area contributed by atoms with Crippen LogP contribution >= 0.6 is 21.6 Å². The van der Waals surface area contributed by atoms with Crippen molar-refractivity contribution in [2.75, 3.05) is 12.3 Å². The Bertz CT molecular complexity index is 508. The molecule has 2 aromatic rings. The van der Waals surface area contributed by atoms with Crippen molar-refractivity contribution in [1.29, 1.82) is 0 Å². The van der Waals surface area contributed by atoms with Gasteiger partial charge in [0.05, 0.1) is 5.56 Å². The minimum atomic E-state index is -0.0865. The monoisotopic (exact) mass is 291 g/mol. The lowest BCUT2D eigenvalue weighted by Gasteiger charge is -2.04. The van der Waals surface area contributed by atoms with Crippen molar-refractivity contribution >= 4 is 27.5 Å². The SMILES string of the molecule is O=C(NCCSSc1ccccn1)c1cccnc1. The lowest BCUT2D eigenvalue weighted by Crippen LogP contribution is -2.25. The van der Waals surface area contributed by atoms with Crippen LogP contribution in [0.4, 0.5) is 0 Å². The number of hydrogen-bond acceptors (Lipinski definition) is 5. The van der Waals surface area contributed by atoms with Crippen LogP contribution in [0.5, 0.6) is 0 Å². The zero-order valence-electron chi connectivity index (χ0n) is 10.2. The number of nitrogens with one attached hydrogen (secondary N) is 1. The van der Waals surface area contributed by atoms with Crippen LogP contribution in [0.3, 0.4) is 0 Å². The molecule has 0 radical (unpaired) electrons. The van der Waals surface area contributed by atoms with Gasteiger partial charge >= 0.3 is 0 Å². The zero-order chi connectivity index (χ0) is 13.3. The van der Waals surface area contributed by atoms with Crippen LogP contribution in [0, 0.1) is 0 Å². The van der Waals surface area contributed by atoms with Crippen LogP contribution in [0.1, 0.15) is 10.4 Å². The lowest BCUT2D eigenvalue weighted by molar-refractivity contribution is 0.0956. The normalized spacial score (nSPS) is 10.1. The number of nitrogens with zero attached hydrogens (tertiary/aromatic N) is 2. The molecule has 0 bridgehead atoms. The molecule has 0 fully saturated rings. The van der Waals surface area contributed by atoms with E-state index in [1.165, 1.54) is 0 Å². The van der Waals surface area contributed by atoms with E-state index in [0.29, 0.717) is 12.1 Å². The number of rotatable bonds is 6. The quantitative estimate of drug-likeness (QED) is 0.655. The topological polar surface area (TPSA) is 54.9 Å². The second-order valence-electron chi connectivity index (χ2n) is 3.57. The number of pyridine rings is 2. The maximum absolute atomic E-state index is 11.7. The van der Waals surface area contributed by atoms with Gasteiger partial charge in [-0.1, -0.05) is 16.9 Å². The summed E-state index contributed by atoms with van der Waals surface area (Å²) in [5.41, 5.74) is 0.588. The summed E-state index contributed by atoms with van der Waals surface area (Å²) in [6.07, 6.45) is 4.98. The Hall–Kier alpha value is -1.53. The predicted octanol–water partition coefficient (Wildman–Crippen LogP) is 2.65. The highest BCUT2D eigenvalue weighted by molar-refractivity contribution is 8.76. The van der Waals surface area contributed by atoms with Gasteiger partial charge in [-0.25, -0.2) is 4.98 Å². The standard InChI is InChI=1S/C13H13N3OS2/c17-13(11-4-3-6-14-10-11)16-8-9-18-19-12-5-1-2-7-15-12/h1-7,10H,8-9H2,(H,16,17). The molecule has 19 heavy (non-hydrogen) atoms. The average Bonchev–Trinajstić information content (AvgIpc) is 2.49. The molecule has 2 rings (SSSR count). The van der Waals surface area contributed by atoms with Crippen molar-refractivity contribution in [1.82, 2.24) is 15.3 Å². The van der Waals surface area contributed by atoms with Gasteiger partial charge in [-0.15, -0.1) is 0 Å². The molecule has 2 heterocycles. The molecule has 6 heteroatoms. The number of amides is 1.